The fourth-order valence-electron chi connectivity index (χ4n) is 1.56. The molecule has 1 N–H and O–H groups in total. The molecule has 0 saturated carbocycles. The Labute approximate surface area is 108 Å². The second-order valence-electron chi connectivity index (χ2n) is 3.74. The lowest BCUT2D eigenvalue weighted by molar-refractivity contribution is 0.102. The number of halogens is 1. The van der Waals surface area contributed by atoms with Gasteiger partial charge in [0.05, 0.1) is 16.9 Å². The molecule has 0 aliphatic rings. The molecule has 17 heavy (non-hydrogen) atoms. The number of benzene rings is 1. The highest BCUT2D eigenvalue weighted by atomic mass is 79.9. The molecule has 0 fully saturated rings. The molecule has 0 bridgehead atoms. The largest absolute Gasteiger partial charge is 0.319 e. The molecule has 0 aliphatic carbocycles. The maximum absolute atomic E-state index is 12.0. The molecule has 88 valence electrons. The minimum Gasteiger partial charge on any atom is -0.319 e. The first-order chi connectivity index (χ1) is 8.08. The van der Waals surface area contributed by atoms with E-state index in [0.29, 0.717) is 5.56 Å². The Balaban J connectivity index is 2.23. The van der Waals surface area contributed by atoms with Crippen LogP contribution in [0.2, 0.25) is 0 Å². The van der Waals surface area contributed by atoms with E-state index in [0.717, 1.165) is 15.9 Å². The summed E-state index contributed by atoms with van der Waals surface area (Å²) in [6.07, 6.45) is 1.78. The van der Waals surface area contributed by atoms with Crippen molar-refractivity contribution in [2.75, 3.05) is 5.32 Å². The molecule has 0 spiro atoms. The predicted octanol–water partition coefficient (Wildman–Crippen LogP) is 2.74. The molecule has 1 amide bonds. The maximum Gasteiger partial charge on any atom is 0.256 e. The van der Waals surface area contributed by atoms with Crippen LogP contribution in [-0.2, 0) is 7.05 Å². The number of aromatic nitrogens is 2. The van der Waals surface area contributed by atoms with Crippen LogP contribution in [-0.4, -0.2) is 15.7 Å². The molecule has 2 rings (SSSR count). The van der Waals surface area contributed by atoms with Crippen molar-refractivity contribution in [2.24, 2.45) is 7.05 Å². The molecule has 0 aliphatic heterocycles. The number of carbonyl (C=O) groups is 1. The standard InChI is InChI=1S/C12H12BrN3O/c1-8-11(7-16(2)15-8)14-12(17)9-5-3-4-6-10(9)13/h3-7H,1-2H3,(H,14,17). The first-order valence-corrected chi connectivity index (χ1v) is 5.93. The van der Waals surface area contributed by atoms with Crippen LogP contribution >= 0.6 is 15.9 Å². The summed E-state index contributed by atoms with van der Waals surface area (Å²) >= 11 is 3.35. The summed E-state index contributed by atoms with van der Waals surface area (Å²) < 4.78 is 2.45. The van der Waals surface area contributed by atoms with Gasteiger partial charge in [-0.25, -0.2) is 0 Å². The van der Waals surface area contributed by atoms with Gasteiger partial charge in [-0.05, 0) is 35.0 Å². The summed E-state index contributed by atoms with van der Waals surface area (Å²) in [5, 5.41) is 7.01. The molecular formula is C12H12BrN3O. The smallest absolute Gasteiger partial charge is 0.256 e. The third kappa shape index (κ3) is 2.55. The molecular weight excluding hydrogens is 282 g/mol. The Morgan fingerprint density at radius 2 is 2.12 bits per heavy atom. The lowest BCUT2D eigenvalue weighted by Crippen LogP contribution is -2.12. The van der Waals surface area contributed by atoms with Gasteiger partial charge in [0, 0.05) is 17.7 Å². The van der Waals surface area contributed by atoms with Crippen LogP contribution < -0.4 is 5.32 Å². The van der Waals surface area contributed by atoms with Crippen molar-refractivity contribution in [3.8, 4) is 0 Å². The first kappa shape index (κ1) is 11.9. The summed E-state index contributed by atoms with van der Waals surface area (Å²) in [6.45, 7) is 1.86. The number of nitrogens with one attached hydrogen (secondary N) is 1. The Hall–Kier alpha value is -1.62. The average molecular weight is 294 g/mol. The summed E-state index contributed by atoms with van der Waals surface area (Å²) in [6, 6.07) is 7.31. The highest BCUT2D eigenvalue weighted by Crippen LogP contribution is 2.18. The Bertz CT molecular complexity index is 563. The van der Waals surface area contributed by atoms with E-state index in [1.54, 1.807) is 16.9 Å². The Morgan fingerprint density at radius 1 is 1.41 bits per heavy atom. The fourth-order valence-corrected chi connectivity index (χ4v) is 2.02. The van der Waals surface area contributed by atoms with Crippen LogP contribution in [0, 0.1) is 6.92 Å². The lowest BCUT2D eigenvalue weighted by atomic mass is 10.2. The predicted molar refractivity (Wildman–Crippen MR) is 70.0 cm³/mol. The van der Waals surface area contributed by atoms with Gasteiger partial charge in [0.25, 0.3) is 5.91 Å². The Kier molecular flexibility index (Phi) is 3.28. The minimum atomic E-state index is -0.145. The van der Waals surface area contributed by atoms with E-state index in [1.165, 1.54) is 0 Å². The highest BCUT2D eigenvalue weighted by Gasteiger charge is 2.11. The van der Waals surface area contributed by atoms with Crippen LogP contribution in [0.25, 0.3) is 0 Å². The van der Waals surface area contributed by atoms with E-state index >= 15 is 0 Å². The normalized spacial score (nSPS) is 10.3. The number of anilines is 1. The molecule has 1 aromatic carbocycles. The van der Waals surface area contributed by atoms with Gasteiger partial charge in [-0.15, -0.1) is 0 Å². The van der Waals surface area contributed by atoms with Gasteiger partial charge < -0.3 is 5.32 Å². The van der Waals surface area contributed by atoms with E-state index < -0.39 is 0 Å². The molecule has 0 unspecified atom stereocenters. The van der Waals surface area contributed by atoms with Crippen molar-refractivity contribution >= 4 is 27.5 Å². The summed E-state index contributed by atoms with van der Waals surface area (Å²) in [5.41, 5.74) is 2.14. The van der Waals surface area contributed by atoms with Crippen molar-refractivity contribution in [3.05, 3.63) is 46.2 Å². The lowest BCUT2D eigenvalue weighted by Gasteiger charge is -2.05. The molecule has 1 heterocycles. The van der Waals surface area contributed by atoms with Crippen molar-refractivity contribution in [1.29, 1.82) is 0 Å². The summed E-state index contributed by atoms with van der Waals surface area (Å²) in [4.78, 5) is 12.0. The van der Waals surface area contributed by atoms with Crippen LogP contribution in [0.1, 0.15) is 16.1 Å². The quantitative estimate of drug-likeness (QED) is 0.925. The third-order valence-electron chi connectivity index (χ3n) is 2.38. The molecule has 4 nitrogen and oxygen atoms in total. The zero-order chi connectivity index (χ0) is 12.4. The van der Waals surface area contributed by atoms with Crippen molar-refractivity contribution in [2.45, 2.75) is 6.92 Å². The summed E-state index contributed by atoms with van der Waals surface area (Å²) in [7, 11) is 1.82. The Morgan fingerprint density at radius 3 is 2.71 bits per heavy atom. The molecule has 0 saturated heterocycles. The minimum absolute atomic E-state index is 0.145. The molecule has 0 radical (unpaired) electrons. The second-order valence-corrected chi connectivity index (χ2v) is 4.59. The van der Waals surface area contributed by atoms with Crippen molar-refractivity contribution in [1.82, 2.24) is 9.78 Å². The number of hydrogen-bond acceptors (Lipinski definition) is 2. The van der Waals surface area contributed by atoms with Crippen LogP contribution in [0.5, 0.6) is 0 Å². The van der Waals surface area contributed by atoms with Gasteiger partial charge in [-0.3, -0.25) is 9.48 Å². The number of rotatable bonds is 2. The number of hydrogen-bond donors (Lipinski definition) is 1. The highest BCUT2D eigenvalue weighted by molar-refractivity contribution is 9.10. The van der Waals surface area contributed by atoms with Gasteiger partial charge >= 0.3 is 0 Å². The van der Waals surface area contributed by atoms with Gasteiger partial charge in [0.1, 0.15) is 0 Å². The van der Waals surface area contributed by atoms with Gasteiger partial charge in [-0.2, -0.15) is 5.10 Å². The SMILES string of the molecule is Cc1nn(C)cc1NC(=O)c1ccccc1Br. The van der Waals surface area contributed by atoms with E-state index in [9.17, 15) is 4.79 Å². The molecule has 5 heteroatoms. The fraction of sp³-hybridized carbons (Fsp3) is 0.167. The van der Waals surface area contributed by atoms with Gasteiger partial charge in [0.15, 0.2) is 0 Å². The van der Waals surface area contributed by atoms with Crippen molar-refractivity contribution < 1.29 is 4.79 Å². The zero-order valence-corrected chi connectivity index (χ0v) is 11.2. The second kappa shape index (κ2) is 4.71. The van der Waals surface area contributed by atoms with Crippen LogP contribution in [0.3, 0.4) is 0 Å². The monoisotopic (exact) mass is 293 g/mol. The van der Waals surface area contributed by atoms with Crippen molar-refractivity contribution in [3.63, 3.8) is 0 Å². The number of carbonyl (C=O) groups excluding carboxylic acids is 1. The number of amides is 1. The van der Waals surface area contributed by atoms with Gasteiger partial charge in [-0.1, -0.05) is 12.1 Å². The van der Waals surface area contributed by atoms with E-state index in [4.69, 9.17) is 0 Å². The molecule has 1 aromatic heterocycles. The van der Waals surface area contributed by atoms with E-state index in [-0.39, 0.29) is 5.91 Å². The molecule has 0 atom stereocenters. The number of aryl methyl sites for hydroxylation is 2. The number of nitrogens with zero attached hydrogens (tertiary/aromatic N) is 2. The molecule has 2 aromatic rings. The third-order valence-corrected chi connectivity index (χ3v) is 3.07. The van der Waals surface area contributed by atoms with Crippen LogP contribution in [0.15, 0.2) is 34.9 Å². The van der Waals surface area contributed by atoms with E-state index in [1.807, 2.05) is 32.2 Å². The zero-order valence-electron chi connectivity index (χ0n) is 9.57. The van der Waals surface area contributed by atoms with Gasteiger partial charge in [0.2, 0.25) is 0 Å². The maximum atomic E-state index is 12.0. The summed E-state index contributed by atoms with van der Waals surface area (Å²) in [5.74, 6) is -0.145. The first-order valence-electron chi connectivity index (χ1n) is 5.14. The van der Waals surface area contributed by atoms with Crippen LogP contribution in [0.4, 0.5) is 5.69 Å². The van der Waals surface area contributed by atoms with E-state index in [2.05, 4.69) is 26.3 Å². The topological polar surface area (TPSA) is 46.9 Å². The average Bonchev–Trinajstić information content (AvgIpc) is 2.58.